The summed E-state index contributed by atoms with van der Waals surface area (Å²) in [6, 6.07) is 37.4. The Hall–Kier alpha value is -3.23. The summed E-state index contributed by atoms with van der Waals surface area (Å²) in [6.07, 6.45) is 0. The molecule has 1 unspecified atom stereocenters. The van der Waals surface area contributed by atoms with Gasteiger partial charge in [-0.05, 0) is 77.7 Å². The second-order valence-corrected chi connectivity index (χ2v) is 9.47. The Bertz CT molecular complexity index is 1320. The molecule has 5 aromatic carbocycles. The first-order chi connectivity index (χ1) is 14.7. The predicted molar refractivity (Wildman–Crippen MR) is 128 cm³/mol. The maximum atomic E-state index is 5.40. The smallest absolute Gasteiger partial charge is 0.174 e. The summed E-state index contributed by atoms with van der Waals surface area (Å²) < 4.78 is 5.40. The number of fused-ring (bicyclic) bond motifs is 2. The van der Waals surface area contributed by atoms with Gasteiger partial charge in [0.05, 0.1) is 18.0 Å². The highest BCUT2D eigenvalue weighted by molar-refractivity contribution is 7.97. The summed E-state index contributed by atoms with van der Waals surface area (Å²) >= 11 is 0. The maximum Gasteiger partial charge on any atom is 0.174 e. The van der Waals surface area contributed by atoms with Gasteiger partial charge < -0.3 is 4.74 Å². The molecule has 0 spiro atoms. The van der Waals surface area contributed by atoms with Gasteiger partial charge in [-0.2, -0.15) is 0 Å². The molecule has 30 heavy (non-hydrogen) atoms. The summed E-state index contributed by atoms with van der Waals surface area (Å²) in [6.45, 7) is 2.14. The van der Waals surface area contributed by atoms with Crippen molar-refractivity contribution in [1.82, 2.24) is 0 Å². The molecule has 1 atom stereocenters. The maximum absolute atomic E-state index is 5.40. The van der Waals surface area contributed by atoms with Crippen LogP contribution in [0.15, 0.2) is 118 Å². The first-order valence-corrected chi connectivity index (χ1v) is 11.3. The molecule has 0 bridgehead atoms. The Morgan fingerprint density at radius 2 is 1.20 bits per heavy atom. The lowest BCUT2D eigenvalue weighted by Crippen LogP contribution is -2.05. The molecule has 0 fully saturated rings. The first-order valence-electron chi connectivity index (χ1n) is 10.1. The third-order valence-corrected chi connectivity index (χ3v) is 7.76. The van der Waals surface area contributed by atoms with Gasteiger partial charge in [-0.1, -0.05) is 54.1 Å². The van der Waals surface area contributed by atoms with Crippen LogP contribution in [-0.2, 0) is 10.9 Å². The van der Waals surface area contributed by atoms with E-state index in [1.54, 1.807) is 7.11 Å². The van der Waals surface area contributed by atoms with Gasteiger partial charge in [0.25, 0.3) is 0 Å². The van der Waals surface area contributed by atoms with Crippen LogP contribution in [0.4, 0.5) is 0 Å². The van der Waals surface area contributed by atoms with Crippen LogP contribution in [0.2, 0.25) is 0 Å². The normalized spacial score (nSPS) is 12.2. The molecule has 0 radical (unpaired) electrons. The van der Waals surface area contributed by atoms with Gasteiger partial charge in [-0.3, -0.25) is 0 Å². The molecule has 1 nitrogen and oxygen atoms in total. The lowest BCUT2D eigenvalue weighted by Gasteiger charge is -2.12. The zero-order chi connectivity index (χ0) is 20.5. The van der Waals surface area contributed by atoms with E-state index in [2.05, 4.69) is 110 Å². The van der Waals surface area contributed by atoms with Crippen molar-refractivity contribution in [2.45, 2.75) is 21.6 Å². The van der Waals surface area contributed by atoms with Crippen molar-refractivity contribution in [2.75, 3.05) is 7.11 Å². The fourth-order valence-corrected chi connectivity index (χ4v) is 6.10. The zero-order valence-corrected chi connectivity index (χ0v) is 17.9. The second-order valence-electron chi connectivity index (χ2n) is 7.47. The van der Waals surface area contributed by atoms with E-state index in [1.807, 2.05) is 0 Å². The van der Waals surface area contributed by atoms with Crippen molar-refractivity contribution in [3.8, 4) is 5.75 Å². The van der Waals surface area contributed by atoms with Crippen molar-refractivity contribution < 1.29 is 4.74 Å². The summed E-state index contributed by atoms with van der Waals surface area (Å²) in [5, 5.41) is 5.15. The van der Waals surface area contributed by atoms with E-state index in [4.69, 9.17) is 4.74 Å². The van der Waals surface area contributed by atoms with Crippen molar-refractivity contribution in [3.05, 3.63) is 109 Å². The molecule has 0 aliphatic carbocycles. The summed E-state index contributed by atoms with van der Waals surface area (Å²) in [4.78, 5) is 3.97. The van der Waals surface area contributed by atoms with Crippen LogP contribution in [0.5, 0.6) is 5.75 Å². The predicted octanol–water partition coefficient (Wildman–Crippen LogP) is 7.41. The average Bonchev–Trinajstić information content (AvgIpc) is 2.80. The third kappa shape index (κ3) is 3.44. The third-order valence-electron chi connectivity index (χ3n) is 5.48. The lowest BCUT2D eigenvalue weighted by atomic mass is 10.0. The minimum absolute atomic E-state index is 0.206. The van der Waals surface area contributed by atoms with E-state index in [0.29, 0.717) is 0 Å². The minimum Gasteiger partial charge on any atom is -0.497 e. The SMILES string of the molecule is COc1ccc([S+](c2ccc(C)cc2)c2cccc3cc4ccccc4cc23)cc1. The van der Waals surface area contributed by atoms with Crippen LogP contribution in [0, 0.1) is 6.92 Å². The Labute approximate surface area is 180 Å². The molecular formula is C28H23OS+. The van der Waals surface area contributed by atoms with Gasteiger partial charge in [-0.15, -0.1) is 0 Å². The van der Waals surface area contributed by atoms with Crippen LogP contribution >= 0.6 is 0 Å². The number of rotatable bonds is 4. The van der Waals surface area contributed by atoms with E-state index >= 15 is 0 Å². The number of ether oxygens (including phenoxy) is 1. The number of aryl methyl sites for hydroxylation is 1. The van der Waals surface area contributed by atoms with Gasteiger partial charge in [-0.25, -0.2) is 0 Å². The highest BCUT2D eigenvalue weighted by Gasteiger charge is 2.30. The Balaban J connectivity index is 1.76. The van der Waals surface area contributed by atoms with Crippen LogP contribution < -0.4 is 4.74 Å². The van der Waals surface area contributed by atoms with Gasteiger partial charge in [0.15, 0.2) is 14.7 Å². The molecular weight excluding hydrogens is 384 g/mol. The summed E-state index contributed by atoms with van der Waals surface area (Å²) in [5.74, 6) is 0.884. The number of methoxy groups -OCH3 is 1. The molecule has 0 heterocycles. The molecule has 5 aromatic rings. The van der Waals surface area contributed by atoms with E-state index in [0.717, 1.165) is 5.75 Å². The summed E-state index contributed by atoms with van der Waals surface area (Å²) in [7, 11) is 1.51. The van der Waals surface area contributed by atoms with Crippen molar-refractivity contribution >= 4 is 32.4 Å². The lowest BCUT2D eigenvalue weighted by molar-refractivity contribution is 0.414. The van der Waals surface area contributed by atoms with Gasteiger partial charge in [0.1, 0.15) is 5.75 Å². The average molecular weight is 408 g/mol. The zero-order valence-electron chi connectivity index (χ0n) is 17.1. The minimum atomic E-state index is -0.206. The molecule has 0 aliphatic heterocycles. The topological polar surface area (TPSA) is 9.23 Å². The second kappa shape index (κ2) is 7.89. The molecule has 0 saturated carbocycles. The highest BCUT2D eigenvalue weighted by Crippen LogP contribution is 2.37. The van der Waals surface area contributed by atoms with Crippen molar-refractivity contribution in [2.24, 2.45) is 0 Å². The monoisotopic (exact) mass is 407 g/mol. The van der Waals surface area contributed by atoms with E-state index < -0.39 is 0 Å². The molecule has 0 amide bonds. The molecule has 0 N–H and O–H groups in total. The molecule has 0 saturated heterocycles. The van der Waals surface area contributed by atoms with E-state index in [1.165, 1.54) is 41.8 Å². The van der Waals surface area contributed by atoms with E-state index in [9.17, 15) is 0 Å². The van der Waals surface area contributed by atoms with Crippen molar-refractivity contribution in [1.29, 1.82) is 0 Å². The number of benzene rings is 5. The number of hydrogen-bond donors (Lipinski definition) is 0. The molecule has 0 aliphatic rings. The Morgan fingerprint density at radius 3 is 1.87 bits per heavy atom. The Kier molecular flexibility index (Phi) is 4.94. The summed E-state index contributed by atoms with van der Waals surface area (Å²) in [5.41, 5.74) is 1.28. The van der Waals surface area contributed by atoms with Crippen LogP contribution in [0.1, 0.15) is 5.56 Å². The van der Waals surface area contributed by atoms with Gasteiger partial charge in [0, 0.05) is 5.39 Å². The molecule has 2 heteroatoms. The fraction of sp³-hybridized carbons (Fsp3) is 0.0714. The molecule has 5 rings (SSSR count). The van der Waals surface area contributed by atoms with Crippen molar-refractivity contribution in [3.63, 3.8) is 0 Å². The standard InChI is InChI=1S/C28H23OS/c1-20-10-14-25(15-11-20)30(26-16-12-24(29-2)13-17-26)28-9-5-8-23-18-21-6-3-4-7-22(21)19-27(23)28/h3-19H,1-2H3/q+1. The number of hydrogen-bond acceptors (Lipinski definition) is 1. The quantitative estimate of drug-likeness (QED) is 0.223. The van der Waals surface area contributed by atoms with Crippen LogP contribution in [-0.4, -0.2) is 7.11 Å². The van der Waals surface area contributed by atoms with E-state index in [-0.39, 0.29) is 10.9 Å². The Morgan fingerprint density at radius 1 is 0.600 bits per heavy atom. The van der Waals surface area contributed by atoms with Crippen LogP contribution in [0.3, 0.4) is 0 Å². The van der Waals surface area contributed by atoms with Gasteiger partial charge >= 0.3 is 0 Å². The highest BCUT2D eigenvalue weighted by atomic mass is 32.2. The molecule has 0 aromatic heterocycles. The first kappa shape index (κ1) is 18.8. The van der Waals surface area contributed by atoms with Gasteiger partial charge in [0.2, 0.25) is 0 Å². The largest absolute Gasteiger partial charge is 0.497 e. The van der Waals surface area contributed by atoms with Crippen LogP contribution in [0.25, 0.3) is 21.5 Å². The molecule has 146 valence electrons. The fourth-order valence-electron chi connectivity index (χ4n) is 3.89.